The van der Waals surface area contributed by atoms with E-state index in [-0.39, 0.29) is 0 Å². The number of nitrogens with two attached hydrogens (primary N) is 1. The average molecular weight is 272 g/mol. The first-order valence-electron chi connectivity index (χ1n) is 4.26. The molecule has 1 aromatic rings. The summed E-state index contributed by atoms with van der Waals surface area (Å²) in [5.74, 6) is -1.24. The molecule has 5 heteroatoms. The molecule has 0 saturated carbocycles. The van der Waals surface area contributed by atoms with Crippen LogP contribution >= 0.6 is 15.9 Å². The van der Waals surface area contributed by atoms with Crippen LogP contribution in [0.4, 0.5) is 0 Å². The first kappa shape index (κ1) is 11.7. The van der Waals surface area contributed by atoms with Crippen molar-refractivity contribution in [2.45, 2.75) is 13.0 Å². The van der Waals surface area contributed by atoms with Gasteiger partial charge in [0.1, 0.15) is 0 Å². The molecular weight excluding hydrogens is 262 g/mol. The third-order valence-corrected chi connectivity index (χ3v) is 2.24. The third kappa shape index (κ3) is 3.36. The lowest BCUT2D eigenvalue weighted by Gasteiger charge is -2.09. The van der Waals surface area contributed by atoms with Crippen molar-refractivity contribution >= 4 is 27.8 Å². The molecule has 0 fully saturated rings. The van der Waals surface area contributed by atoms with E-state index in [0.29, 0.717) is 5.56 Å². The molecule has 4 nitrogen and oxygen atoms in total. The normalized spacial score (nSPS) is 11.9. The van der Waals surface area contributed by atoms with Gasteiger partial charge < -0.3 is 10.5 Å². The Morgan fingerprint density at radius 2 is 2.13 bits per heavy atom. The van der Waals surface area contributed by atoms with Crippen LogP contribution in [0.15, 0.2) is 28.7 Å². The monoisotopic (exact) mass is 271 g/mol. The van der Waals surface area contributed by atoms with Gasteiger partial charge in [-0.1, -0.05) is 22.0 Å². The van der Waals surface area contributed by atoms with Crippen molar-refractivity contribution in [2.75, 3.05) is 0 Å². The van der Waals surface area contributed by atoms with Gasteiger partial charge in [-0.2, -0.15) is 0 Å². The van der Waals surface area contributed by atoms with Crippen LogP contribution in [-0.4, -0.2) is 18.0 Å². The number of hydrogen-bond acceptors (Lipinski definition) is 3. The molecular formula is C10H10BrNO3. The van der Waals surface area contributed by atoms with Gasteiger partial charge in [0, 0.05) is 4.47 Å². The molecule has 0 aliphatic rings. The summed E-state index contributed by atoms with van der Waals surface area (Å²) in [4.78, 5) is 22.1. The number of ether oxygens (including phenoxy) is 1. The van der Waals surface area contributed by atoms with Crippen LogP contribution in [0.1, 0.15) is 17.3 Å². The number of benzene rings is 1. The number of halogens is 1. The first-order chi connectivity index (χ1) is 7.00. The molecule has 0 aliphatic heterocycles. The van der Waals surface area contributed by atoms with Crippen molar-refractivity contribution < 1.29 is 14.3 Å². The van der Waals surface area contributed by atoms with Gasteiger partial charge in [-0.3, -0.25) is 4.79 Å². The van der Waals surface area contributed by atoms with Crippen molar-refractivity contribution in [1.82, 2.24) is 0 Å². The Morgan fingerprint density at radius 1 is 1.47 bits per heavy atom. The van der Waals surface area contributed by atoms with E-state index in [1.807, 2.05) is 0 Å². The predicted octanol–water partition coefficient (Wildman–Crippen LogP) is 1.48. The maximum absolute atomic E-state index is 11.5. The molecule has 1 amide bonds. The molecule has 1 atom stereocenters. The molecule has 1 rings (SSSR count). The largest absolute Gasteiger partial charge is 0.449 e. The summed E-state index contributed by atoms with van der Waals surface area (Å²) in [6.45, 7) is 1.43. The third-order valence-electron chi connectivity index (χ3n) is 1.74. The number of rotatable bonds is 3. The lowest BCUT2D eigenvalue weighted by molar-refractivity contribution is -0.125. The number of esters is 1. The van der Waals surface area contributed by atoms with Crippen LogP contribution in [-0.2, 0) is 9.53 Å². The van der Waals surface area contributed by atoms with Gasteiger partial charge in [0.2, 0.25) is 0 Å². The van der Waals surface area contributed by atoms with Gasteiger partial charge in [-0.15, -0.1) is 0 Å². The number of amides is 1. The van der Waals surface area contributed by atoms with Gasteiger partial charge in [0.15, 0.2) is 6.10 Å². The summed E-state index contributed by atoms with van der Waals surface area (Å²) < 4.78 is 5.59. The zero-order valence-electron chi connectivity index (χ0n) is 8.07. The summed E-state index contributed by atoms with van der Waals surface area (Å²) >= 11 is 3.23. The molecule has 0 unspecified atom stereocenters. The Morgan fingerprint density at radius 3 is 2.67 bits per heavy atom. The lowest BCUT2D eigenvalue weighted by atomic mass is 10.2. The molecule has 0 spiro atoms. The highest BCUT2D eigenvalue weighted by Crippen LogP contribution is 2.13. The Labute approximate surface area is 95.5 Å². The van der Waals surface area contributed by atoms with Crippen molar-refractivity contribution in [3.8, 4) is 0 Å². The standard InChI is InChI=1S/C10H10BrNO3/c1-6(9(12)13)15-10(14)7-3-2-4-8(11)5-7/h2-6H,1H3,(H2,12,13)/t6-/m1/s1. The minimum absolute atomic E-state index is 0.373. The summed E-state index contributed by atoms with van der Waals surface area (Å²) in [7, 11) is 0. The van der Waals surface area contributed by atoms with E-state index >= 15 is 0 Å². The second-order valence-corrected chi connectivity index (χ2v) is 3.88. The summed E-state index contributed by atoms with van der Waals surface area (Å²) in [5.41, 5.74) is 5.34. The van der Waals surface area contributed by atoms with E-state index in [1.165, 1.54) is 6.92 Å². The predicted molar refractivity (Wildman–Crippen MR) is 58.2 cm³/mol. The van der Waals surface area contributed by atoms with Crippen molar-refractivity contribution in [1.29, 1.82) is 0 Å². The van der Waals surface area contributed by atoms with Crippen molar-refractivity contribution in [3.05, 3.63) is 34.3 Å². The highest BCUT2D eigenvalue weighted by molar-refractivity contribution is 9.10. The van der Waals surface area contributed by atoms with E-state index in [9.17, 15) is 9.59 Å². The Kier molecular flexibility index (Phi) is 3.85. The molecule has 0 aliphatic carbocycles. The summed E-state index contributed by atoms with van der Waals surface area (Å²) in [6.07, 6.45) is -0.920. The molecule has 15 heavy (non-hydrogen) atoms. The average Bonchev–Trinajstić information content (AvgIpc) is 2.17. The second kappa shape index (κ2) is 4.93. The fraction of sp³-hybridized carbons (Fsp3) is 0.200. The fourth-order valence-corrected chi connectivity index (χ4v) is 1.30. The van der Waals surface area contributed by atoms with Crippen molar-refractivity contribution in [2.24, 2.45) is 5.73 Å². The van der Waals surface area contributed by atoms with E-state index in [0.717, 1.165) is 4.47 Å². The van der Waals surface area contributed by atoms with Crippen molar-refractivity contribution in [3.63, 3.8) is 0 Å². The van der Waals surface area contributed by atoms with E-state index in [2.05, 4.69) is 15.9 Å². The molecule has 0 aromatic heterocycles. The van der Waals surface area contributed by atoms with Crippen LogP contribution < -0.4 is 5.73 Å². The molecule has 0 saturated heterocycles. The van der Waals surface area contributed by atoms with E-state index in [4.69, 9.17) is 10.5 Å². The number of hydrogen-bond donors (Lipinski definition) is 1. The summed E-state index contributed by atoms with van der Waals surface area (Å²) in [6, 6.07) is 6.70. The van der Waals surface area contributed by atoms with Gasteiger partial charge in [0.25, 0.3) is 5.91 Å². The fourth-order valence-electron chi connectivity index (χ4n) is 0.902. The maximum atomic E-state index is 11.5. The smallest absolute Gasteiger partial charge is 0.338 e. The Hall–Kier alpha value is -1.36. The van der Waals surface area contributed by atoms with Crippen LogP contribution in [0.3, 0.4) is 0 Å². The topological polar surface area (TPSA) is 69.4 Å². The molecule has 0 bridgehead atoms. The van der Waals surface area contributed by atoms with Gasteiger partial charge in [-0.25, -0.2) is 4.79 Å². The Bertz CT molecular complexity index is 392. The van der Waals surface area contributed by atoms with Gasteiger partial charge in [-0.05, 0) is 25.1 Å². The zero-order valence-corrected chi connectivity index (χ0v) is 9.65. The highest BCUT2D eigenvalue weighted by atomic mass is 79.9. The number of primary amides is 1. The van der Waals surface area contributed by atoms with E-state index in [1.54, 1.807) is 24.3 Å². The minimum atomic E-state index is -0.920. The van der Waals surface area contributed by atoms with Crippen LogP contribution in [0.2, 0.25) is 0 Å². The van der Waals surface area contributed by atoms with Crippen LogP contribution in [0.25, 0.3) is 0 Å². The van der Waals surface area contributed by atoms with Gasteiger partial charge >= 0.3 is 5.97 Å². The molecule has 1 aromatic carbocycles. The number of carbonyl (C=O) groups excluding carboxylic acids is 2. The van der Waals surface area contributed by atoms with Crippen LogP contribution in [0, 0.1) is 0 Å². The Balaban J connectivity index is 2.73. The highest BCUT2D eigenvalue weighted by Gasteiger charge is 2.15. The molecule has 80 valence electrons. The van der Waals surface area contributed by atoms with Gasteiger partial charge in [0.05, 0.1) is 5.56 Å². The van der Waals surface area contributed by atoms with E-state index < -0.39 is 18.0 Å². The molecule has 0 heterocycles. The SMILES string of the molecule is C[C@@H](OC(=O)c1cccc(Br)c1)C(N)=O. The minimum Gasteiger partial charge on any atom is -0.449 e. The first-order valence-corrected chi connectivity index (χ1v) is 5.06. The lowest BCUT2D eigenvalue weighted by Crippen LogP contribution is -2.30. The number of carbonyl (C=O) groups is 2. The van der Waals surface area contributed by atoms with Crippen LogP contribution in [0.5, 0.6) is 0 Å². The molecule has 0 radical (unpaired) electrons. The maximum Gasteiger partial charge on any atom is 0.338 e. The second-order valence-electron chi connectivity index (χ2n) is 2.96. The molecule has 2 N–H and O–H groups in total. The summed E-state index contributed by atoms with van der Waals surface area (Å²) in [5, 5.41) is 0. The quantitative estimate of drug-likeness (QED) is 0.847. The zero-order chi connectivity index (χ0) is 11.4.